The molecule has 94 valence electrons. The number of hydrogen-bond acceptors (Lipinski definition) is 2. The fourth-order valence-corrected chi connectivity index (χ4v) is 1.24. The molecule has 1 aromatic carbocycles. The average molecular weight is 254 g/mol. The largest absolute Gasteiger partial charge is 0.464 e. The number of esters is 1. The van der Waals surface area contributed by atoms with E-state index in [9.17, 15) is 26.7 Å². The van der Waals surface area contributed by atoms with E-state index in [-0.39, 0.29) is 0 Å². The highest BCUT2D eigenvalue weighted by Crippen LogP contribution is 2.39. The van der Waals surface area contributed by atoms with Gasteiger partial charge in [0.2, 0.25) is 0 Å². The summed E-state index contributed by atoms with van der Waals surface area (Å²) in [5, 5.41) is 0. The first-order valence-corrected chi connectivity index (χ1v) is 4.34. The molecular formula is C10H7F5O2. The van der Waals surface area contributed by atoms with Crippen LogP contribution in [0.25, 0.3) is 0 Å². The van der Waals surface area contributed by atoms with Crippen molar-refractivity contribution >= 4 is 5.97 Å². The van der Waals surface area contributed by atoms with Crippen LogP contribution in [0.2, 0.25) is 0 Å². The van der Waals surface area contributed by atoms with Crippen LogP contribution in [0.3, 0.4) is 0 Å². The van der Waals surface area contributed by atoms with Crippen LogP contribution in [0.5, 0.6) is 0 Å². The van der Waals surface area contributed by atoms with Crippen LogP contribution < -0.4 is 0 Å². The molecule has 0 bridgehead atoms. The minimum atomic E-state index is -4.96. The smallest absolute Gasteiger partial charge is 0.416 e. The van der Waals surface area contributed by atoms with E-state index >= 15 is 0 Å². The Morgan fingerprint density at radius 2 is 1.53 bits per heavy atom. The molecule has 0 heterocycles. The highest BCUT2D eigenvalue weighted by atomic mass is 19.4. The second-order valence-electron chi connectivity index (χ2n) is 3.11. The number of halogens is 5. The maximum Gasteiger partial charge on any atom is 0.416 e. The van der Waals surface area contributed by atoms with Gasteiger partial charge in [0, 0.05) is 5.56 Å². The van der Waals surface area contributed by atoms with E-state index < -0.39 is 29.2 Å². The van der Waals surface area contributed by atoms with Gasteiger partial charge < -0.3 is 4.74 Å². The second kappa shape index (κ2) is 4.31. The standard InChI is InChI=1S/C10H7F5O2/c1-17-8(16)9(11,12)6-4-2-3-5-7(6)10(13,14)15/h2-5H,1H3. The molecule has 2 nitrogen and oxygen atoms in total. The number of hydrogen-bond donors (Lipinski definition) is 0. The van der Waals surface area contributed by atoms with Crippen LogP contribution in [0.4, 0.5) is 22.0 Å². The van der Waals surface area contributed by atoms with E-state index in [2.05, 4.69) is 4.74 Å². The lowest BCUT2D eigenvalue weighted by molar-refractivity contribution is -0.172. The van der Waals surface area contributed by atoms with Gasteiger partial charge in [-0.3, -0.25) is 0 Å². The lowest BCUT2D eigenvalue weighted by Crippen LogP contribution is -2.30. The monoisotopic (exact) mass is 254 g/mol. The number of alkyl halides is 5. The summed E-state index contributed by atoms with van der Waals surface area (Å²) in [7, 11) is 0.673. The van der Waals surface area contributed by atoms with Gasteiger partial charge in [0.15, 0.2) is 0 Å². The van der Waals surface area contributed by atoms with E-state index in [4.69, 9.17) is 0 Å². The molecule has 0 spiro atoms. The third-order valence-electron chi connectivity index (χ3n) is 2.01. The molecule has 0 unspecified atom stereocenters. The Morgan fingerprint density at radius 1 is 1.06 bits per heavy atom. The maximum atomic E-state index is 13.4. The summed E-state index contributed by atoms with van der Waals surface area (Å²) in [4.78, 5) is 10.8. The molecule has 17 heavy (non-hydrogen) atoms. The van der Waals surface area contributed by atoms with Gasteiger partial charge in [-0.05, 0) is 6.07 Å². The third kappa shape index (κ3) is 2.54. The number of methoxy groups -OCH3 is 1. The average Bonchev–Trinajstić information content (AvgIpc) is 2.26. The van der Waals surface area contributed by atoms with Crippen LogP contribution in [-0.4, -0.2) is 13.1 Å². The first-order valence-electron chi connectivity index (χ1n) is 4.34. The first-order chi connectivity index (χ1) is 7.71. The molecule has 1 rings (SSSR count). The molecule has 0 N–H and O–H groups in total. The lowest BCUT2D eigenvalue weighted by Gasteiger charge is -2.18. The van der Waals surface area contributed by atoms with Crippen molar-refractivity contribution in [2.75, 3.05) is 7.11 Å². The van der Waals surface area contributed by atoms with Crippen molar-refractivity contribution in [3.05, 3.63) is 35.4 Å². The SMILES string of the molecule is COC(=O)C(F)(F)c1ccccc1C(F)(F)F. The molecule has 0 radical (unpaired) electrons. The number of carbonyl (C=O) groups is 1. The van der Waals surface area contributed by atoms with Crippen molar-refractivity contribution in [2.24, 2.45) is 0 Å². The summed E-state index contributed by atoms with van der Waals surface area (Å²) in [6.07, 6.45) is -4.96. The van der Waals surface area contributed by atoms with Crippen LogP contribution >= 0.6 is 0 Å². The third-order valence-corrected chi connectivity index (χ3v) is 2.01. The van der Waals surface area contributed by atoms with E-state index in [0.717, 1.165) is 12.1 Å². The summed E-state index contributed by atoms with van der Waals surface area (Å²) in [5.74, 6) is -6.37. The Bertz CT molecular complexity index is 425. The molecule has 0 amide bonds. The first kappa shape index (κ1) is 13.4. The summed E-state index contributed by atoms with van der Waals surface area (Å²) >= 11 is 0. The fourth-order valence-electron chi connectivity index (χ4n) is 1.24. The molecule has 0 saturated carbocycles. The van der Waals surface area contributed by atoms with Gasteiger partial charge in [0.25, 0.3) is 0 Å². The van der Waals surface area contributed by atoms with Crippen LogP contribution in [0.1, 0.15) is 11.1 Å². The van der Waals surface area contributed by atoms with Gasteiger partial charge in [-0.2, -0.15) is 22.0 Å². The van der Waals surface area contributed by atoms with Gasteiger partial charge in [0.05, 0.1) is 12.7 Å². The number of benzene rings is 1. The Hall–Kier alpha value is -1.66. The minimum absolute atomic E-state index is 0.478. The molecule has 0 fully saturated rings. The normalized spacial score (nSPS) is 12.4. The molecule has 0 aliphatic heterocycles. The zero-order chi connectivity index (χ0) is 13.3. The predicted molar refractivity (Wildman–Crippen MR) is 47.4 cm³/mol. The van der Waals surface area contributed by atoms with Crippen molar-refractivity contribution in [3.8, 4) is 0 Å². The van der Waals surface area contributed by atoms with E-state index in [0.29, 0.717) is 19.2 Å². The van der Waals surface area contributed by atoms with Crippen LogP contribution in [0, 0.1) is 0 Å². The van der Waals surface area contributed by atoms with Crippen molar-refractivity contribution in [1.29, 1.82) is 0 Å². The molecule has 0 saturated heterocycles. The molecule has 0 aliphatic carbocycles. The van der Waals surface area contributed by atoms with Gasteiger partial charge >= 0.3 is 18.1 Å². The van der Waals surface area contributed by atoms with E-state index in [1.165, 1.54) is 0 Å². The Kier molecular flexibility index (Phi) is 3.40. The van der Waals surface area contributed by atoms with Crippen molar-refractivity contribution in [2.45, 2.75) is 12.1 Å². The molecule has 0 aliphatic rings. The topological polar surface area (TPSA) is 26.3 Å². The quantitative estimate of drug-likeness (QED) is 0.599. The highest BCUT2D eigenvalue weighted by molar-refractivity contribution is 5.79. The summed E-state index contributed by atoms with van der Waals surface area (Å²) < 4.78 is 67.9. The van der Waals surface area contributed by atoms with Crippen LogP contribution in [-0.2, 0) is 21.6 Å². The number of ether oxygens (including phenoxy) is 1. The fraction of sp³-hybridized carbons (Fsp3) is 0.300. The van der Waals surface area contributed by atoms with Crippen molar-refractivity contribution in [3.63, 3.8) is 0 Å². The summed E-state index contributed by atoms with van der Waals surface area (Å²) in [6, 6.07) is 2.97. The predicted octanol–water partition coefficient (Wildman–Crippen LogP) is 2.97. The zero-order valence-corrected chi connectivity index (χ0v) is 8.52. The number of rotatable bonds is 2. The van der Waals surface area contributed by atoms with Gasteiger partial charge in [-0.15, -0.1) is 0 Å². The molecule has 1 aromatic rings. The molecule has 7 heteroatoms. The van der Waals surface area contributed by atoms with E-state index in [1.54, 1.807) is 0 Å². The van der Waals surface area contributed by atoms with E-state index in [1.807, 2.05) is 0 Å². The number of carbonyl (C=O) groups excluding carboxylic acids is 1. The molecule has 0 aromatic heterocycles. The maximum absolute atomic E-state index is 13.4. The Labute approximate surface area is 93.0 Å². The minimum Gasteiger partial charge on any atom is -0.464 e. The van der Waals surface area contributed by atoms with Gasteiger partial charge in [-0.25, -0.2) is 4.79 Å². The summed E-state index contributed by atoms with van der Waals surface area (Å²) in [6.45, 7) is 0. The van der Waals surface area contributed by atoms with Crippen LogP contribution in [0.15, 0.2) is 24.3 Å². The molecular weight excluding hydrogens is 247 g/mol. The Morgan fingerprint density at radius 3 is 1.94 bits per heavy atom. The summed E-state index contributed by atoms with van der Waals surface area (Å²) in [5.41, 5.74) is -2.98. The zero-order valence-electron chi connectivity index (χ0n) is 8.52. The molecule has 0 atom stereocenters. The highest BCUT2D eigenvalue weighted by Gasteiger charge is 2.48. The van der Waals surface area contributed by atoms with Gasteiger partial charge in [0.1, 0.15) is 0 Å². The van der Waals surface area contributed by atoms with Gasteiger partial charge in [-0.1, -0.05) is 18.2 Å². The van der Waals surface area contributed by atoms with Crippen molar-refractivity contribution < 1.29 is 31.5 Å². The Balaban J connectivity index is 3.37. The lowest BCUT2D eigenvalue weighted by atomic mass is 10.0. The van der Waals surface area contributed by atoms with Crippen molar-refractivity contribution in [1.82, 2.24) is 0 Å². The second-order valence-corrected chi connectivity index (χ2v) is 3.11.